The fourth-order valence-electron chi connectivity index (χ4n) is 8.64. The Morgan fingerprint density at radius 1 is 0.485 bits per heavy atom. The number of para-hydroxylation sites is 2. The number of aromatic nitrogens is 3. The number of imidazole rings is 1. The van der Waals surface area contributed by atoms with Crippen molar-refractivity contribution in [2.75, 3.05) is 0 Å². The van der Waals surface area contributed by atoms with E-state index in [1.54, 1.807) is 18.2 Å². The molecule has 1 N–H and O–H groups in total. The largest absolute Gasteiger partial charge is 0.507 e. The van der Waals surface area contributed by atoms with Crippen LogP contribution in [0.5, 0.6) is 5.75 Å². The zero-order valence-electron chi connectivity index (χ0n) is 49.6. The molecule has 0 spiro atoms. The Hall–Kier alpha value is -7.82. The molecule has 0 amide bonds. The molecule has 66 heavy (non-hydrogen) atoms. The molecule has 10 aromatic rings. The van der Waals surface area contributed by atoms with Crippen LogP contribution in [0.2, 0.25) is 0 Å². The van der Waals surface area contributed by atoms with Crippen LogP contribution in [0.25, 0.3) is 95.0 Å². The first-order valence-electron chi connectivity index (χ1n) is 28.2. The lowest BCUT2D eigenvalue weighted by atomic mass is 9.79. The van der Waals surface area contributed by atoms with Gasteiger partial charge in [-0.3, -0.25) is 9.55 Å². The van der Waals surface area contributed by atoms with Crippen molar-refractivity contribution in [2.45, 2.75) is 52.2 Å². The molecule has 0 bridgehead atoms. The van der Waals surface area contributed by atoms with Crippen LogP contribution in [-0.4, -0.2) is 19.6 Å². The minimum Gasteiger partial charge on any atom is -0.507 e. The first-order chi connectivity index (χ1) is 37.3. The Morgan fingerprint density at radius 3 is 1.76 bits per heavy atom. The molecule has 4 heteroatoms. The molecule has 10 rings (SSSR count). The Balaban J connectivity index is 1.22. The third-order valence-electron chi connectivity index (χ3n) is 11.9. The van der Waals surface area contributed by atoms with Crippen LogP contribution in [0, 0.1) is 0 Å². The monoisotopic (exact) mass is 869 g/mol. The fraction of sp³-hybridized carbons (Fsp3) is 0.129. The Morgan fingerprint density at radius 2 is 1.09 bits per heavy atom. The number of hydrogen-bond acceptors (Lipinski definition) is 3. The summed E-state index contributed by atoms with van der Waals surface area (Å²) in [5.74, 6) is 0.534. The molecular weight excluding hydrogens is 803 g/mol. The summed E-state index contributed by atoms with van der Waals surface area (Å²) in [5, 5.41) is 11.7. The van der Waals surface area contributed by atoms with E-state index in [9.17, 15) is 7.85 Å². The Bertz CT molecular complexity index is 3890. The van der Waals surface area contributed by atoms with Gasteiger partial charge in [0.05, 0.1) is 33.5 Å². The molecule has 0 saturated heterocycles. The maximum Gasteiger partial charge on any atom is 0.149 e. The van der Waals surface area contributed by atoms with Crippen molar-refractivity contribution in [1.82, 2.24) is 14.5 Å². The standard InChI is InChI=1S/C62H53N3O/c1-61(2,3)49-31-29-42(30-32-49)45-33-34-63-55(38-45)48-36-46(41-19-10-7-11-20-41)35-47(37-48)50-26-18-27-56-59(50)64-60(51-25-16-17-28-58(51)66)65(56)57-40-52(43-21-12-8-13-22-43)54(62(4,5)6)39-53(57)44-23-14-9-15-24-44/h7-40,66H,1-6H3/i1D3,2D3,3D3,29D,30D,31D,32D. The SMILES string of the molecule is [2H]c1c([2H])c(C(C([2H])([2H])[2H])(C([2H])([2H])[2H])C([2H])([2H])[2H])c([2H])c([2H])c1-c1ccnc(-c2cc(-c3ccccc3)cc(-c3cccc4c3nc(-c3ccccc3O)n4-c3cc(-c4ccccc4)c(C(C)(C)C)cc3-c3ccccc3)c2)c1. The molecule has 0 aliphatic rings. The van der Waals surface area contributed by atoms with Crippen LogP contribution in [-0.2, 0) is 10.8 Å². The van der Waals surface area contributed by atoms with Gasteiger partial charge in [-0.25, -0.2) is 4.98 Å². The number of rotatable bonds is 8. The zero-order valence-corrected chi connectivity index (χ0v) is 36.6. The third kappa shape index (κ3) is 8.12. The minimum atomic E-state index is -3.82. The van der Waals surface area contributed by atoms with E-state index in [0.717, 1.165) is 61.3 Å². The Labute approximate surface area is 406 Å². The molecule has 0 aliphatic heterocycles. The maximum absolute atomic E-state index is 11.7. The van der Waals surface area contributed by atoms with Gasteiger partial charge in [0.2, 0.25) is 0 Å². The van der Waals surface area contributed by atoms with Crippen molar-refractivity contribution in [3.05, 3.63) is 217 Å². The van der Waals surface area contributed by atoms with E-state index in [-0.39, 0.29) is 22.3 Å². The van der Waals surface area contributed by atoms with Gasteiger partial charge >= 0.3 is 0 Å². The highest BCUT2D eigenvalue weighted by molar-refractivity contribution is 5.99. The summed E-state index contributed by atoms with van der Waals surface area (Å²) in [5.41, 5.74) is 6.42. The van der Waals surface area contributed by atoms with Gasteiger partial charge in [-0.1, -0.05) is 181 Å². The lowest BCUT2D eigenvalue weighted by Gasteiger charge is -2.27. The molecule has 0 fully saturated rings. The van der Waals surface area contributed by atoms with Gasteiger partial charge in [0.25, 0.3) is 0 Å². The lowest BCUT2D eigenvalue weighted by molar-refractivity contribution is 0.477. The molecule has 0 aliphatic carbocycles. The number of pyridine rings is 1. The maximum atomic E-state index is 11.7. The van der Waals surface area contributed by atoms with Crippen molar-refractivity contribution in [3.8, 4) is 89.7 Å². The molecule has 8 aromatic carbocycles. The lowest BCUT2D eigenvalue weighted by Crippen LogP contribution is -2.14. The van der Waals surface area contributed by atoms with Crippen LogP contribution in [0.3, 0.4) is 0 Å². The molecule has 2 aromatic heterocycles. The van der Waals surface area contributed by atoms with E-state index in [1.807, 2.05) is 115 Å². The molecule has 322 valence electrons. The van der Waals surface area contributed by atoms with Gasteiger partial charge in [0.15, 0.2) is 0 Å². The summed E-state index contributed by atoms with van der Waals surface area (Å²) in [7, 11) is 0. The number of phenolic OH excluding ortho intramolecular Hbond substituents is 1. The molecule has 0 saturated carbocycles. The van der Waals surface area contributed by atoms with Crippen molar-refractivity contribution < 1.29 is 22.9 Å². The quantitative estimate of drug-likeness (QED) is 0.166. The van der Waals surface area contributed by atoms with Gasteiger partial charge in [-0.2, -0.15) is 0 Å². The first kappa shape index (κ1) is 29.6. The summed E-state index contributed by atoms with van der Waals surface area (Å²) >= 11 is 0. The number of phenols is 1. The van der Waals surface area contributed by atoms with Gasteiger partial charge in [0.1, 0.15) is 11.6 Å². The summed E-state index contributed by atoms with van der Waals surface area (Å²) < 4.78 is 113. The highest BCUT2D eigenvalue weighted by Gasteiger charge is 2.27. The van der Waals surface area contributed by atoms with Crippen molar-refractivity contribution in [3.63, 3.8) is 0 Å². The second-order valence-electron chi connectivity index (χ2n) is 17.5. The number of benzene rings is 8. The predicted octanol–water partition coefficient (Wildman–Crippen LogP) is 16.4. The highest BCUT2D eigenvalue weighted by Crippen LogP contribution is 2.45. The first-order valence-corrected chi connectivity index (χ1v) is 21.7. The summed E-state index contributed by atoms with van der Waals surface area (Å²) in [4.78, 5) is 10.2. The summed E-state index contributed by atoms with van der Waals surface area (Å²) in [6.45, 7) is -4.83. The number of hydrogen-bond donors (Lipinski definition) is 1. The van der Waals surface area contributed by atoms with Crippen molar-refractivity contribution in [2.24, 2.45) is 0 Å². The predicted molar refractivity (Wildman–Crippen MR) is 276 cm³/mol. The Kier molecular flexibility index (Phi) is 7.60. The smallest absolute Gasteiger partial charge is 0.149 e. The second-order valence-corrected chi connectivity index (χ2v) is 17.5. The van der Waals surface area contributed by atoms with Gasteiger partial charge < -0.3 is 5.11 Å². The van der Waals surface area contributed by atoms with Gasteiger partial charge in [0, 0.05) is 35.2 Å². The fourth-order valence-corrected chi connectivity index (χ4v) is 8.64. The van der Waals surface area contributed by atoms with Gasteiger partial charge in [-0.05, 0) is 127 Å². The summed E-state index contributed by atoms with van der Waals surface area (Å²) in [6.07, 6.45) is 1.43. The van der Waals surface area contributed by atoms with Crippen LogP contribution in [0.4, 0.5) is 0 Å². The molecular formula is C62H53N3O. The van der Waals surface area contributed by atoms with Crippen molar-refractivity contribution >= 4 is 11.0 Å². The average Bonchev–Trinajstić information content (AvgIpc) is 2.81. The van der Waals surface area contributed by atoms with Crippen LogP contribution in [0.1, 0.15) is 70.3 Å². The average molecular weight is 869 g/mol. The number of fused-ring (bicyclic) bond motifs is 1. The van der Waals surface area contributed by atoms with Crippen LogP contribution < -0.4 is 0 Å². The summed E-state index contributed by atoms with van der Waals surface area (Å²) in [6, 6.07) is 52.8. The van der Waals surface area contributed by atoms with E-state index in [0.29, 0.717) is 28.2 Å². The van der Waals surface area contributed by atoms with Gasteiger partial charge in [-0.15, -0.1) is 0 Å². The van der Waals surface area contributed by atoms with E-state index in [2.05, 4.69) is 61.7 Å². The topological polar surface area (TPSA) is 50.9 Å². The zero-order chi connectivity index (χ0) is 56.6. The number of nitrogens with zero attached hydrogens (tertiary/aromatic N) is 3. The van der Waals surface area contributed by atoms with E-state index >= 15 is 0 Å². The molecule has 4 nitrogen and oxygen atoms in total. The van der Waals surface area contributed by atoms with Crippen molar-refractivity contribution in [1.29, 1.82) is 0 Å². The third-order valence-corrected chi connectivity index (χ3v) is 11.9. The van der Waals surface area contributed by atoms with E-state index in [4.69, 9.17) is 25.0 Å². The molecule has 2 heterocycles. The molecule has 0 radical (unpaired) electrons. The van der Waals surface area contributed by atoms with E-state index in [1.165, 1.54) is 12.3 Å². The normalized spacial score (nSPS) is 15.3. The van der Waals surface area contributed by atoms with E-state index < -0.39 is 55.7 Å². The molecule has 0 atom stereocenters. The van der Waals surface area contributed by atoms with Crippen LogP contribution >= 0.6 is 0 Å². The number of aromatic hydroxyl groups is 1. The highest BCUT2D eigenvalue weighted by atomic mass is 16.3. The van der Waals surface area contributed by atoms with Crippen LogP contribution in [0.15, 0.2) is 206 Å². The molecule has 0 unspecified atom stereocenters. The second kappa shape index (κ2) is 17.0. The minimum absolute atomic E-state index is 0.0401.